The van der Waals surface area contributed by atoms with E-state index in [4.69, 9.17) is 11.6 Å². The first-order chi connectivity index (χ1) is 8.24. The van der Waals surface area contributed by atoms with Crippen LogP contribution in [-0.2, 0) is 0 Å². The van der Waals surface area contributed by atoms with Crippen molar-refractivity contribution < 1.29 is 4.79 Å². The van der Waals surface area contributed by atoms with Crippen LogP contribution in [0.25, 0.3) is 0 Å². The number of aromatic nitrogens is 2. The second-order valence-corrected chi connectivity index (χ2v) is 4.19. The van der Waals surface area contributed by atoms with E-state index in [1.54, 1.807) is 30.5 Å². The average Bonchev–Trinajstić information content (AvgIpc) is 2.83. The number of hydrogen-bond donors (Lipinski definition) is 3. The van der Waals surface area contributed by atoms with Gasteiger partial charge in [0, 0.05) is 16.9 Å². The molecule has 3 N–H and O–H groups in total. The van der Waals surface area contributed by atoms with Crippen LogP contribution in [0.2, 0.25) is 5.02 Å². The minimum Gasteiger partial charge on any atom is -0.360 e. The summed E-state index contributed by atoms with van der Waals surface area (Å²) < 4.78 is 0. The molecule has 17 heavy (non-hydrogen) atoms. The van der Waals surface area contributed by atoms with Crippen molar-refractivity contribution in [1.82, 2.24) is 15.5 Å². The van der Waals surface area contributed by atoms with Gasteiger partial charge in [0.05, 0.1) is 11.3 Å². The lowest BCUT2D eigenvalue weighted by atomic mass is 10.1. The predicted molar refractivity (Wildman–Crippen MR) is 63.9 cm³/mol. The fourth-order valence-electron chi connectivity index (χ4n) is 1.81. The van der Waals surface area contributed by atoms with Crippen molar-refractivity contribution in [3.8, 4) is 0 Å². The zero-order chi connectivity index (χ0) is 11.8. The summed E-state index contributed by atoms with van der Waals surface area (Å²) >= 11 is 5.85. The summed E-state index contributed by atoms with van der Waals surface area (Å²) in [6.07, 6.45) is 1.35. The molecule has 5 nitrogen and oxygen atoms in total. The van der Waals surface area contributed by atoms with Gasteiger partial charge >= 0.3 is 0 Å². The van der Waals surface area contributed by atoms with Gasteiger partial charge in [-0.3, -0.25) is 9.89 Å². The molecule has 1 aliphatic heterocycles. The van der Waals surface area contributed by atoms with Gasteiger partial charge in [0.2, 0.25) is 0 Å². The highest BCUT2D eigenvalue weighted by atomic mass is 35.5. The standard InChI is InChI=1S/C11H9ClN4O/c12-6-1-2-8-7(5-6)11(17)15-10(14-8)9-3-4-13-16-9/h1-5,10,14H,(H,13,16)(H,15,17). The summed E-state index contributed by atoms with van der Waals surface area (Å²) in [5.74, 6) is -0.152. The Morgan fingerprint density at radius 2 is 2.12 bits per heavy atom. The number of rotatable bonds is 1. The summed E-state index contributed by atoms with van der Waals surface area (Å²) in [5.41, 5.74) is 2.12. The van der Waals surface area contributed by atoms with E-state index in [-0.39, 0.29) is 12.1 Å². The lowest BCUT2D eigenvalue weighted by molar-refractivity contribution is 0.0935. The molecule has 3 rings (SSSR count). The summed E-state index contributed by atoms with van der Waals surface area (Å²) in [6, 6.07) is 6.98. The molecule has 0 spiro atoms. The highest BCUT2D eigenvalue weighted by Gasteiger charge is 2.25. The van der Waals surface area contributed by atoms with E-state index in [2.05, 4.69) is 20.8 Å². The Labute approximate surface area is 102 Å². The van der Waals surface area contributed by atoms with Crippen molar-refractivity contribution in [1.29, 1.82) is 0 Å². The molecule has 86 valence electrons. The highest BCUT2D eigenvalue weighted by molar-refractivity contribution is 6.31. The summed E-state index contributed by atoms with van der Waals surface area (Å²) in [7, 11) is 0. The van der Waals surface area contributed by atoms with Gasteiger partial charge in [0.15, 0.2) is 0 Å². The number of benzene rings is 1. The van der Waals surface area contributed by atoms with Crippen LogP contribution in [0.15, 0.2) is 30.5 Å². The normalized spacial score (nSPS) is 18.2. The molecule has 2 aromatic rings. The van der Waals surface area contributed by atoms with E-state index in [9.17, 15) is 4.79 Å². The number of carbonyl (C=O) groups excluding carboxylic acids is 1. The van der Waals surface area contributed by atoms with E-state index >= 15 is 0 Å². The van der Waals surface area contributed by atoms with E-state index in [1.807, 2.05) is 0 Å². The van der Waals surface area contributed by atoms with Gasteiger partial charge in [0.1, 0.15) is 6.17 Å². The van der Waals surface area contributed by atoms with Crippen molar-refractivity contribution in [2.24, 2.45) is 0 Å². The van der Waals surface area contributed by atoms with Gasteiger partial charge in [-0.2, -0.15) is 5.10 Å². The van der Waals surface area contributed by atoms with Crippen LogP contribution in [0.1, 0.15) is 22.2 Å². The maximum atomic E-state index is 11.9. The molecule has 0 saturated heterocycles. The number of hydrogen-bond acceptors (Lipinski definition) is 3. The van der Waals surface area contributed by atoms with Crippen LogP contribution in [-0.4, -0.2) is 16.1 Å². The molecule has 1 atom stereocenters. The number of anilines is 1. The lowest BCUT2D eigenvalue weighted by Gasteiger charge is -2.26. The maximum absolute atomic E-state index is 11.9. The van der Waals surface area contributed by atoms with Crippen molar-refractivity contribution in [3.63, 3.8) is 0 Å². The average molecular weight is 249 g/mol. The third-order valence-corrected chi connectivity index (χ3v) is 2.87. The van der Waals surface area contributed by atoms with Gasteiger partial charge in [-0.15, -0.1) is 0 Å². The van der Waals surface area contributed by atoms with Crippen LogP contribution in [0.5, 0.6) is 0 Å². The van der Waals surface area contributed by atoms with Crippen molar-refractivity contribution in [2.45, 2.75) is 6.17 Å². The van der Waals surface area contributed by atoms with Crippen molar-refractivity contribution >= 4 is 23.2 Å². The molecule has 1 unspecified atom stereocenters. The Morgan fingerprint density at radius 1 is 1.24 bits per heavy atom. The molecule has 6 heteroatoms. The second kappa shape index (κ2) is 3.78. The number of halogens is 1. The minimum absolute atomic E-state index is 0.152. The molecule has 0 fully saturated rings. The van der Waals surface area contributed by atoms with Gasteiger partial charge in [0.25, 0.3) is 5.91 Å². The number of nitrogens with one attached hydrogen (secondary N) is 3. The van der Waals surface area contributed by atoms with Gasteiger partial charge < -0.3 is 10.6 Å². The molecule has 0 bridgehead atoms. The Morgan fingerprint density at radius 3 is 2.88 bits per heavy atom. The van der Waals surface area contributed by atoms with Gasteiger partial charge in [-0.1, -0.05) is 11.6 Å². The second-order valence-electron chi connectivity index (χ2n) is 3.75. The third-order valence-electron chi connectivity index (χ3n) is 2.63. The van der Waals surface area contributed by atoms with Gasteiger partial charge in [-0.05, 0) is 24.3 Å². The third kappa shape index (κ3) is 1.74. The first-order valence-electron chi connectivity index (χ1n) is 5.10. The Bertz CT molecular complexity index is 567. The van der Waals surface area contributed by atoms with E-state index < -0.39 is 0 Å². The lowest BCUT2D eigenvalue weighted by Crippen LogP contribution is -2.38. The SMILES string of the molecule is O=C1NC(c2ccn[nH]2)Nc2ccc(Cl)cc21. The first kappa shape index (κ1) is 10.2. The molecule has 1 aromatic heterocycles. The first-order valence-corrected chi connectivity index (χ1v) is 5.48. The molecule has 1 aromatic carbocycles. The van der Waals surface area contributed by atoms with Gasteiger partial charge in [-0.25, -0.2) is 0 Å². The van der Waals surface area contributed by atoms with Crippen LogP contribution in [0, 0.1) is 0 Å². The molecule has 2 heterocycles. The smallest absolute Gasteiger partial charge is 0.255 e. The Kier molecular flexibility index (Phi) is 2.26. The highest BCUT2D eigenvalue weighted by Crippen LogP contribution is 2.27. The summed E-state index contributed by atoms with van der Waals surface area (Å²) in [5, 5.41) is 13.2. The zero-order valence-corrected chi connectivity index (χ0v) is 9.45. The monoisotopic (exact) mass is 248 g/mol. The predicted octanol–water partition coefficient (Wildman–Crippen LogP) is 1.92. The topological polar surface area (TPSA) is 69.8 Å². The fourth-order valence-corrected chi connectivity index (χ4v) is 1.99. The largest absolute Gasteiger partial charge is 0.360 e. The number of nitrogens with zero attached hydrogens (tertiary/aromatic N) is 1. The molecule has 0 aliphatic carbocycles. The number of carbonyl (C=O) groups is 1. The number of aromatic amines is 1. The maximum Gasteiger partial charge on any atom is 0.255 e. The molecule has 1 aliphatic rings. The molecular weight excluding hydrogens is 240 g/mol. The van der Waals surface area contributed by atoms with Crippen LogP contribution < -0.4 is 10.6 Å². The summed E-state index contributed by atoms with van der Waals surface area (Å²) in [6.45, 7) is 0. The Hall–Kier alpha value is -2.01. The van der Waals surface area contributed by atoms with E-state index in [1.165, 1.54) is 0 Å². The minimum atomic E-state index is -0.293. The molecule has 0 radical (unpaired) electrons. The fraction of sp³-hybridized carbons (Fsp3) is 0.0909. The van der Waals surface area contributed by atoms with E-state index in [0.29, 0.717) is 10.6 Å². The molecule has 0 saturated carbocycles. The Balaban J connectivity index is 1.99. The molecule has 1 amide bonds. The van der Waals surface area contributed by atoms with Crippen molar-refractivity contribution in [2.75, 3.05) is 5.32 Å². The summed E-state index contributed by atoms with van der Waals surface area (Å²) in [4.78, 5) is 11.9. The van der Waals surface area contributed by atoms with E-state index in [0.717, 1.165) is 11.4 Å². The zero-order valence-electron chi connectivity index (χ0n) is 8.70. The van der Waals surface area contributed by atoms with Crippen LogP contribution in [0.3, 0.4) is 0 Å². The number of amides is 1. The van der Waals surface area contributed by atoms with Crippen LogP contribution in [0.4, 0.5) is 5.69 Å². The van der Waals surface area contributed by atoms with Crippen LogP contribution >= 0.6 is 11.6 Å². The molecular formula is C11H9ClN4O. The number of fused-ring (bicyclic) bond motifs is 1. The quantitative estimate of drug-likeness (QED) is 0.722. The number of H-pyrrole nitrogens is 1. The van der Waals surface area contributed by atoms with Crippen molar-refractivity contribution in [3.05, 3.63) is 46.7 Å².